The van der Waals surface area contributed by atoms with E-state index in [4.69, 9.17) is 9.84 Å². The molecule has 1 amide bonds. The molecule has 2 aliphatic rings. The molecular weight excluding hydrogens is 433 g/mol. The Morgan fingerprint density at radius 1 is 1.09 bits per heavy atom. The number of carbonyl (C=O) groups is 1. The summed E-state index contributed by atoms with van der Waals surface area (Å²) in [5.74, 6) is 0.112. The minimum absolute atomic E-state index is 0.00692. The molecule has 6 rings (SSSR count). The number of amides is 1. The number of aromatic nitrogens is 4. The van der Waals surface area contributed by atoms with Crippen molar-refractivity contribution in [1.82, 2.24) is 24.6 Å². The Kier molecular flexibility index (Phi) is 4.83. The van der Waals surface area contributed by atoms with Gasteiger partial charge in [-0.25, -0.2) is 4.39 Å². The van der Waals surface area contributed by atoms with E-state index in [0.29, 0.717) is 23.3 Å². The molecule has 0 aliphatic carbocycles. The van der Waals surface area contributed by atoms with Gasteiger partial charge >= 0.3 is 0 Å². The summed E-state index contributed by atoms with van der Waals surface area (Å²) in [5.41, 5.74) is 5.71. The molecule has 0 N–H and O–H groups in total. The molecular formula is C26H24FN5O2. The number of hydrogen-bond acceptors (Lipinski definition) is 5. The number of ether oxygens (including phenoxy) is 1. The molecule has 2 aromatic carbocycles. The average Bonchev–Trinajstić information content (AvgIpc) is 3.18. The molecule has 2 aromatic heterocycles. The molecule has 7 nitrogen and oxygen atoms in total. The number of benzene rings is 2. The average molecular weight is 458 g/mol. The van der Waals surface area contributed by atoms with Gasteiger partial charge in [0.2, 0.25) is 0 Å². The van der Waals surface area contributed by atoms with Gasteiger partial charge in [-0.2, -0.15) is 5.10 Å². The lowest BCUT2D eigenvalue weighted by molar-refractivity contribution is 0.0392. The van der Waals surface area contributed by atoms with Gasteiger partial charge < -0.3 is 9.64 Å². The number of piperidine rings is 1. The number of carbonyl (C=O) groups excluding carboxylic acids is 1. The summed E-state index contributed by atoms with van der Waals surface area (Å²) < 4.78 is 21.4. The third kappa shape index (κ3) is 3.24. The molecule has 0 radical (unpaired) electrons. The minimum Gasteiger partial charge on any atom is -0.497 e. The molecule has 1 fully saturated rings. The number of aryl methyl sites for hydroxylation is 1. The number of nitrogens with zero attached hydrogens (tertiary/aromatic N) is 5. The number of halogens is 1. The second kappa shape index (κ2) is 7.90. The summed E-state index contributed by atoms with van der Waals surface area (Å²) in [6, 6.07) is 10.2. The van der Waals surface area contributed by atoms with Gasteiger partial charge in [0.1, 0.15) is 11.6 Å². The van der Waals surface area contributed by atoms with Crippen molar-refractivity contribution < 1.29 is 13.9 Å². The van der Waals surface area contributed by atoms with Gasteiger partial charge in [0.15, 0.2) is 0 Å². The topological polar surface area (TPSA) is 73.1 Å². The fourth-order valence-corrected chi connectivity index (χ4v) is 5.57. The minimum atomic E-state index is -0.350. The van der Waals surface area contributed by atoms with E-state index >= 15 is 0 Å². The summed E-state index contributed by atoms with van der Waals surface area (Å²) in [6.45, 7) is 0. The summed E-state index contributed by atoms with van der Waals surface area (Å²) in [6.07, 6.45) is 6.79. The normalized spacial score (nSPS) is 19.2. The summed E-state index contributed by atoms with van der Waals surface area (Å²) in [5, 5.41) is 4.85. The van der Waals surface area contributed by atoms with E-state index in [2.05, 4.69) is 9.97 Å². The Balaban J connectivity index is 1.42. The fourth-order valence-electron chi connectivity index (χ4n) is 5.57. The van der Waals surface area contributed by atoms with Gasteiger partial charge in [-0.15, -0.1) is 0 Å². The van der Waals surface area contributed by atoms with Crippen LogP contribution in [-0.4, -0.2) is 43.7 Å². The molecule has 0 saturated carbocycles. The van der Waals surface area contributed by atoms with E-state index in [0.717, 1.165) is 47.3 Å². The van der Waals surface area contributed by atoms with Crippen LogP contribution in [0.1, 0.15) is 46.9 Å². The van der Waals surface area contributed by atoms with E-state index in [1.807, 2.05) is 40.9 Å². The number of fused-ring (bicyclic) bond motifs is 5. The number of hydrogen-bond donors (Lipinski definition) is 0. The Hall–Kier alpha value is -3.81. The standard InChI is InChI=1S/C26H24FN5O2/c1-31-25(16-10-17(27)13-19(11-16)34-2)20-14-18-4-3-5-23(24(20)30-31)32(18)26(33)15-6-7-21-22(12-15)29-9-8-28-21/h6-13,18,23H,3-5,14H2,1-2H3. The maximum Gasteiger partial charge on any atom is 0.254 e. The summed E-state index contributed by atoms with van der Waals surface area (Å²) in [7, 11) is 3.41. The second-order valence-corrected chi connectivity index (χ2v) is 8.99. The van der Waals surface area contributed by atoms with Gasteiger partial charge in [-0.3, -0.25) is 19.4 Å². The first kappa shape index (κ1) is 20.8. The lowest BCUT2D eigenvalue weighted by Crippen LogP contribution is -2.49. The largest absolute Gasteiger partial charge is 0.497 e. The van der Waals surface area contributed by atoms with Gasteiger partial charge in [0, 0.05) is 48.2 Å². The molecule has 1 saturated heterocycles. The fraction of sp³-hybridized carbons (Fsp3) is 0.308. The maximum atomic E-state index is 14.3. The first-order valence-electron chi connectivity index (χ1n) is 11.5. The highest BCUT2D eigenvalue weighted by molar-refractivity contribution is 5.98. The SMILES string of the molecule is COc1cc(F)cc(-c2c3c(nn2C)C2CCCC(C3)N2C(=O)c2ccc3nccnc3c2)c1. The lowest BCUT2D eigenvalue weighted by atomic mass is 9.81. The highest BCUT2D eigenvalue weighted by Crippen LogP contribution is 2.45. The van der Waals surface area contributed by atoms with Crippen LogP contribution in [0.5, 0.6) is 5.75 Å². The van der Waals surface area contributed by atoms with Crippen molar-refractivity contribution in [2.75, 3.05) is 7.11 Å². The monoisotopic (exact) mass is 457 g/mol. The highest BCUT2D eigenvalue weighted by atomic mass is 19.1. The van der Waals surface area contributed by atoms with Gasteiger partial charge in [0.05, 0.1) is 35.6 Å². The Labute approximate surface area is 196 Å². The van der Waals surface area contributed by atoms with Crippen molar-refractivity contribution in [2.24, 2.45) is 7.05 Å². The van der Waals surface area contributed by atoms with Gasteiger partial charge in [-0.05, 0) is 56.0 Å². The quantitative estimate of drug-likeness (QED) is 0.454. The van der Waals surface area contributed by atoms with Crippen molar-refractivity contribution in [3.05, 3.63) is 71.4 Å². The van der Waals surface area contributed by atoms with Gasteiger partial charge in [0.25, 0.3) is 5.91 Å². The molecule has 2 atom stereocenters. The van der Waals surface area contributed by atoms with Crippen molar-refractivity contribution in [1.29, 1.82) is 0 Å². The predicted octanol–water partition coefficient (Wildman–Crippen LogP) is 4.47. The predicted molar refractivity (Wildman–Crippen MR) is 125 cm³/mol. The number of methoxy groups -OCH3 is 1. The van der Waals surface area contributed by atoms with E-state index in [9.17, 15) is 9.18 Å². The van der Waals surface area contributed by atoms with Crippen LogP contribution in [0.25, 0.3) is 22.3 Å². The van der Waals surface area contributed by atoms with Crippen LogP contribution < -0.4 is 4.74 Å². The molecule has 8 heteroatoms. The molecule has 2 bridgehead atoms. The van der Waals surface area contributed by atoms with Crippen LogP contribution in [0, 0.1) is 5.82 Å². The summed E-state index contributed by atoms with van der Waals surface area (Å²) in [4.78, 5) is 24.4. The molecule has 4 aromatic rings. The molecule has 0 spiro atoms. The molecule has 172 valence electrons. The van der Waals surface area contributed by atoms with Crippen molar-refractivity contribution in [2.45, 2.75) is 37.8 Å². The van der Waals surface area contributed by atoms with Gasteiger partial charge in [-0.1, -0.05) is 0 Å². The number of rotatable bonds is 3. The van der Waals surface area contributed by atoms with Crippen LogP contribution in [0.15, 0.2) is 48.8 Å². The van der Waals surface area contributed by atoms with Crippen LogP contribution in [0.3, 0.4) is 0 Å². The Morgan fingerprint density at radius 3 is 2.74 bits per heavy atom. The molecule has 4 heterocycles. The smallest absolute Gasteiger partial charge is 0.254 e. The zero-order chi connectivity index (χ0) is 23.4. The summed E-state index contributed by atoms with van der Waals surface area (Å²) >= 11 is 0. The van der Waals surface area contributed by atoms with E-state index in [1.54, 1.807) is 12.4 Å². The lowest BCUT2D eigenvalue weighted by Gasteiger charge is -2.45. The van der Waals surface area contributed by atoms with Crippen molar-refractivity contribution in [3.63, 3.8) is 0 Å². The van der Waals surface area contributed by atoms with Crippen LogP contribution in [0.2, 0.25) is 0 Å². The first-order valence-corrected chi connectivity index (χ1v) is 11.5. The van der Waals surface area contributed by atoms with E-state index in [1.165, 1.54) is 19.2 Å². The zero-order valence-electron chi connectivity index (χ0n) is 19.0. The molecule has 2 unspecified atom stereocenters. The van der Waals surface area contributed by atoms with E-state index < -0.39 is 0 Å². The zero-order valence-corrected chi connectivity index (χ0v) is 19.0. The van der Waals surface area contributed by atoms with Crippen molar-refractivity contribution in [3.8, 4) is 17.0 Å². The third-order valence-corrected chi connectivity index (χ3v) is 7.01. The first-order chi connectivity index (χ1) is 16.5. The Morgan fingerprint density at radius 2 is 1.91 bits per heavy atom. The third-order valence-electron chi connectivity index (χ3n) is 7.01. The second-order valence-electron chi connectivity index (χ2n) is 8.99. The van der Waals surface area contributed by atoms with E-state index in [-0.39, 0.29) is 23.8 Å². The van der Waals surface area contributed by atoms with Crippen LogP contribution >= 0.6 is 0 Å². The van der Waals surface area contributed by atoms with Crippen LogP contribution in [0.4, 0.5) is 4.39 Å². The maximum absolute atomic E-state index is 14.3. The Bertz CT molecular complexity index is 1430. The van der Waals surface area contributed by atoms with Crippen molar-refractivity contribution >= 4 is 16.9 Å². The highest BCUT2D eigenvalue weighted by Gasteiger charge is 2.43. The molecule has 2 aliphatic heterocycles. The molecule has 34 heavy (non-hydrogen) atoms. The van der Waals surface area contributed by atoms with Crippen LogP contribution in [-0.2, 0) is 13.5 Å².